The van der Waals surface area contributed by atoms with E-state index in [1.807, 2.05) is 13.8 Å². The van der Waals surface area contributed by atoms with E-state index in [0.717, 1.165) is 36.2 Å². The zero-order chi connectivity index (χ0) is 20.3. The predicted octanol–water partition coefficient (Wildman–Crippen LogP) is 0.712. The van der Waals surface area contributed by atoms with E-state index in [9.17, 15) is 18.0 Å². The molecule has 2 amide bonds. The van der Waals surface area contributed by atoms with Crippen molar-refractivity contribution in [2.75, 3.05) is 24.6 Å². The summed E-state index contributed by atoms with van der Waals surface area (Å²) in [5.41, 5.74) is 4.77. The Morgan fingerprint density at radius 2 is 2.11 bits per heavy atom. The SMILES string of the molecule is Cc1nn([C@H]2CCS(=O)(=O)C2)c(C)c1/C=N\NC(=O)CN1CCCCCC1=O. The van der Waals surface area contributed by atoms with E-state index < -0.39 is 9.84 Å². The topological polar surface area (TPSA) is 114 Å². The van der Waals surface area contributed by atoms with Gasteiger partial charge in [-0.15, -0.1) is 0 Å². The maximum absolute atomic E-state index is 12.1. The van der Waals surface area contributed by atoms with Crippen LogP contribution in [0.4, 0.5) is 0 Å². The van der Waals surface area contributed by atoms with Crippen molar-refractivity contribution in [1.82, 2.24) is 20.1 Å². The highest BCUT2D eigenvalue weighted by molar-refractivity contribution is 7.91. The molecule has 2 saturated heterocycles. The van der Waals surface area contributed by atoms with Crippen molar-refractivity contribution in [1.29, 1.82) is 0 Å². The Kier molecular flexibility index (Phi) is 6.17. The fourth-order valence-electron chi connectivity index (χ4n) is 3.77. The molecule has 2 aliphatic heterocycles. The first-order valence-electron chi connectivity index (χ1n) is 9.62. The Morgan fingerprint density at radius 3 is 2.82 bits per heavy atom. The lowest BCUT2D eigenvalue weighted by molar-refractivity contribution is -0.135. The van der Waals surface area contributed by atoms with Crippen molar-refractivity contribution in [3.05, 3.63) is 17.0 Å². The zero-order valence-corrected chi connectivity index (χ0v) is 17.2. The van der Waals surface area contributed by atoms with Crippen molar-refractivity contribution in [3.63, 3.8) is 0 Å². The summed E-state index contributed by atoms with van der Waals surface area (Å²) in [6.07, 6.45) is 5.37. The molecule has 0 unspecified atom stereocenters. The van der Waals surface area contributed by atoms with Gasteiger partial charge in [0.2, 0.25) is 5.91 Å². The van der Waals surface area contributed by atoms with E-state index >= 15 is 0 Å². The number of rotatable bonds is 5. The van der Waals surface area contributed by atoms with Gasteiger partial charge >= 0.3 is 0 Å². The largest absolute Gasteiger partial charge is 0.333 e. The number of nitrogens with zero attached hydrogens (tertiary/aromatic N) is 4. The molecule has 10 heteroatoms. The van der Waals surface area contributed by atoms with Gasteiger partial charge in [0.1, 0.15) is 6.54 Å². The molecule has 3 heterocycles. The zero-order valence-electron chi connectivity index (χ0n) is 16.3. The van der Waals surface area contributed by atoms with Crippen molar-refractivity contribution < 1.29 is 18.0 Å². The molecule has 3 rings (SSSR count). The van der Waals surface area contributed by atoms with Gasteiger partial charge in [-0.1, -0.05) is 6.42 Å². The van der Waals surface area contributed by atoms with E-state index in [0.29, 0.717) is 19.4 Å². The Bertz CT molecular complexity index is 890. The van der Waals surface area contributed by atoms with Crippen LogP contribution < -0.4 is 5.43 Å². The molecule has 1 N–H and O–H groups in total. The molecule has 154 valence electrons. The highest BCUT2D eigenvalue weighted by atomic mass is 32.2. The summed E-state index contributed by atoms with van der Waals surface area (Å²) < 4.78 is 25.2. The molecular formula is C18H27N5O4S. The third kappa shape index (κ3) is 4.78. The van der Waals surface area contributed by atoms with Crippen molar-refractivity contribution in [2.45, 2.75) is 52.0 Å². The Morgan fingerprint density at radius 1 is 1.32 bits per heavy atom. The fourth-order valence-corrected chi connectivity index (χ4v) is 5.46. The number of amides is 2. The number of hydrazone groups is 1. The minimum absolute atomic E-state index is 0.00727. The first kappa shape index (κ1) is 20.5. The lowest BCUT2D eigenvalue weighted by Crippen LogP contribution is -2.39. The number of hydrogen-bond acceptors (Lipinski definition) is 6. The minimum Gasteiger partial charge on any atom is -0.333 e. The maximum Gasteiger partial charge on any atom is 0.259 e. The number of sulfone groups is 1. The molecule has 9 nitrogen and oxygen atoms in total. The summed E-state index contributed by atoms with van der Waals surface area (Å²) in [6, 6.07) is -0.158. The summed E-state index contributed by atoms with van der Waals surface area (Å²) >= 11 is 0. The molecule has 2 fully saturated rings. The van der Waals surface area contributed by atoms with Crippen molar-refractivity contribution in [2.24, 2.45) is 5.10 Å². The van der Waals surface area contributed by atoms with Gasteiger partial charge in [0.15, 0.2) is 9.84 Å². The molecule has 0 aromatic carbocycles. The number of nitrogens with one attached hydrogen (secondary N) is 1. The molecule has 0 saturated carbocycles. The average Bonchev–Trinajstić information content (AvgIpc) is 3.04. The van der Waals surface area contributed by atoms with Crippen molar-refractivity contribution in [3.8, 4) is 0 Å². The van der Waals surface area contributed by atoms with Crippen LogP contribution in [0.2, 0.25) is 0 Å². The Hall–Kier alpha value is -2.23. The van der Waals surface area contributed by atoms with Gasteiger partial charge in [-0.05, 0) is 33.1 Å². The Balaban J connectivity index is 1.61. The number of aryl methyl sites for hydroxylation is 1. The Labute approximate surface area is 165 Å². The van der Waals surface area contributed by atoms with Gasteiger partial charge in [0.25, 0.3) is 5.91 Å². The van der Waals surface area contributed by atoms with Crippen LogP contribution in [-0.2, 0) is 19.4 Å². The van der Waals surface area contributed by atoms with E-state index in [1.165, 1.54) is 6.21 Å². The second-order valence-electron chi connectivity index (χ2n) is 7.51. The normalized spacial score (nSPS) is 22.6. The molecule has 0 radical (unpaired) electrons. The highest BCUT2D eigenvalue weighted by Crippen LogP contribution is 2.26. The molecule has 1 aromatic rings. The van der Waals surface area contributed by atoms with Gasteiger partial charge in [0, 0.05) is 24.2 Å². The highest BCUT2D eigenvalue weighted by Gasteiger charge is 2.31. The van der Waals surface area contributed by atoms with E-state index in [2.05, 4.69) is 15.6 Å². The molecule has 28 heavy (non-hydrogen) atoms. The van der Waals surface area contributed by atoms with E-state index in [1.54, 1.807) is 9.58 Å². The molecule has 0 aliphatic carbocycles. The van der Waals surface area contributed by atoms with Crippen LogP contribution in [0.3, 0.4) is 0 Å². The summed E-state index contributed by atoms with van der Waals surface area (Å²) in [7, 11) is -3.00. The van der Waals surface area contributed by atoms with Crippen molar-refractivity contribution >= 4 is 27.9 Å². The lowest BCUT2D eigenvalue weighted by Gasteiger charge is -2.18. The third-order valence-corrected chi connectivity index (χ3v) is 7.07. The standard InChI is InChI=1S/C18H27N5O4S/c1-13-16(14(2)23(21-13)15-7-9-28(26,27)12-15)10-19-20-17(24)11-22-8-5-3-4-6-18(22)25/h10,15H,3-9,11-12H2,1-2H3,(H,20,24)/b19-10-/t15-/m0/s1. The fraction of sp³-hybridized carbons (Fsp3) is 0.667. The molecule has 1 atom stereocenters. The quantitative estimate of drug-likeness (QED) is 0.568. The number of carbonyl (C=O) groups excluding carboxylic acids is 2. The predicted molar refractivity (Wildman–Crippen MR) is 105 cm³/mol. The molecular weight excluding hydrogens is 382 g/mol. The molecule has 2 aliphatic rings. The second-order valence-corrected chi connectivity index (χ2v) is 9.73. The van der Waals surface area contributed by atoms with Crippen LogP contribution >= 0.6 is 0 Å². The van der Waals surface area contributed by atoms with Crippen LogP contribution in [0, 0.1) is 13.8 Å². The summed E-state index contributed by atoms with van der Waals surface area (Å²) in [5.74, 6) is -0.0381. The first-order chi connectivity index (χ1) is 13.3. The molecule has 0 bridgehead atoms. The summed E-state index contributed by atoms with van der Waals surface area (Å²) in [5, 5.41) is 8.48. The smallest absolute Gasteiger partial charge is 0.259 e. The van der Waals surface area contributed by atoms with E-state index in [4.69, 9.17) is 0 Å². The van der Waals surface area contributed by atoms with Gasteiger partial charge < -0.3 is 4.90 Å². The maximum atomic E-state index is 12.1. The van der Waals surface area contributed by atoms with Gasteiger partial charge in [-0.25, -0.2) is 13.8 Å². The first-order valence-corrected chi connectivity index (χ1v) is 11.4. The number of aromatic nitrogens is 2. The lowest BCUT2D eigenvalue weighted by atomic mass is 10.2. The average molecular weight is 410 g/mol. The second kappa shape index (κ2) is 8.42. The monoisotopic (exact) mass is 409 g/mol. The van der Waals surface area contributed by atoms with Crippen LogP contribution in [0.15, 0.2) is 5.10 Å². The van der Waals surface area contributed by atoms with Crippen LogP contribution in [0.1, 0.15) is 55.1 Å². The van der Waals surface area contributed by atoms with Gasteiger partial charge in [0.05, 0.1) is 29.5 Å². The summed E-state index contributed by atoms with van der Waals surface area (Å²) in [6.45, 7) is 4.30. The van der Waals surface area contributed by atoms with Crippen LogP contribution in [0.5, 0.6) is 0 Å². The van der Waals surface area contributed by atoms with Crippen LogP contribution in [-0.4, -0.2) is 65.7 Å². The van der Waals surface area contributed by atoms with E-state index in [-0.39, 0.29) is 35.9 Å². The number of likely N-dealkylation sites (tertiary alicyclic amines) is 1. The molecule has 0 spiro atoms. The van der Waals surface area contributed by atoms with Gasteiger partial charge in [-0.3, -0.25) is 14.3 Å². The number of hydrogen-bond donors (Lipinski definition) is 1. The third-order valence-electron chi connectivity index (χ3n) is 5.32. The van der Waals surface area contributed by atoms with Crippen LogP contribution in [0.25, 0.3) is 0 Å². The number of carbonyl (C=O) groups is 2. The van der Waals surface area contributed by atoms with Gasteiger partial charge in [-0.2, -0.15) is 10.2 Å². The summed E-state index contributed by atoms with van der Waals surface area (Å²) in [4.78, 5) is 25.6. The molecule has 1 aromatic heterocycles. The minimum atomic E-state index is -3.00.